The quantitative estimate of drug-likeness (QED) is 0.587. The zero-order valence-corrected chi connectivity index (χ0v) is 8.63. The number of hydrogen-bond donors (Lipinski definition) is 1. The van der Waals surface area contributed by atoms with E-state index < -0.39 is 0 Å². The molecule has 2 heteroatoms. The summed E-state index contributed by atoms with van der Waals surface area (Å²) in [7, 11) is 0. The largest absolute Gasteiger partial charge is 0.197 e. The van der Waals surface area contributed by atoms with E-state index in [1.165, 1.54) is 32.1 Å². The van der Waals surface area contributed by atoms with Crippen molar-refractivity contribution in [1.82, 2.24) is 0 Å². The molecule has 4 fully saturated rings. The standard InChI is InChI=1S/C11H15NS/c12-6-11(13)9-2-7-1-8(4-9)5-10(11)3-7/h7-10,13H,1-5H2. The average Bonchev–Trinajstić information content (AvgIpc) is 2.13. The molecular weight excluding hydrogens is 178 g/mol. The first-order chi connectivity index (χ1) is 6.22. The van der Waals surface area contributed by atoms with Crippen molar-refractivity contribution < 1.29 is 0 Å². The van der Waals surface area contributed by atoms with Gasteiger partial charge in [-0.05, 0) is 55.8 Å². The van der Waals surface area contributed by atoms with Crippen molar-refractivity contribution >= 4 is 12.6 Å². The van der Waals surface area contributed by atoms with Crippen LogP contribution in [0, 0.1) is 35.0 Å². The SMILES string of the molecule is N#CC1(S)C2CC3CC(C2)CC1C3. The molecule has 0 saturated heterocycles. The third kappa shape index (κ3) is 0.944. The van der Waals surface area contributed by atoms with Crippen molar-refractivity contribution in [2.24, 2.45) is 23.7 Å². The van der Waals surface area contributed by atoms with Crippen LogP contribution < -0.4 is 0 Å². The van der Waals surface area contributed by atoms with Gasteiger partial charge in [0.1, 0.15) is 4.75 Å². The van der Waals surface area contributed by atoms with Crippen molar-refractivity contribution in [3.8, 4) is 6.07 Å². The molecule has 13 heavy (non-hydrogen) atoms. The van der Waals surface area contributed by atoms with E-state index in [9.17, 15) is 5.26 Å². The van der Waals surface area contributed by atoms with Gasteiger partial charge in [0.25, 0.3) is 0 Å². The highest BCUT2D eigenvalue weighted by Gasteiger charge is 2.55. The van der Waals surface area contributed by atoms with Crippen LogP contribution in [0.15, 0.2) is 0 Å². The van der Waals surface area contributed by atoms with E-state index in [0.29, 0.717) is 11.8 Å². The van der Waals surface area contributed by atoms with E-state index in [2.05, 4.69) is 18.7 Å². The van der Waals surface area contributed by atoms with Crippen LogP contribution in [-0.2, 0) is 0 Å². The van der Waals surface area contributed by atoms with Crippen LogP contribution in [0.1, 0.15) is 32.1 Å². The first kappa shape index (κ1) is 8.17. The van der Waals surface area contributed by atoms with E-state index in [-0.39, 0.29) is 4.75 Å². The maximum absolute atomic E-state index is 9.23. The van der Waals surface area contributed by atoms with Crippen molar-refractivity contribution in [1.29, 1.82) is 5.26 Å². The third-order valence-corrected chi connectivity index (χ3v) is 5.39. The molecule has 70 valence electrons. The Kier molecular flexibility index (Phi) is 1.54. The highest BCUT2D eigenvalue weighted by Crippen LogP contribution is 2.60. The van der Waals surface area contributed by atoms with Crippen molar-refractivity contribution in [3.05, 3.63) is 0 Å². The molecule has 0 aromatic heterocycles. The van der Waals surface area contributed by atoms with Crippen LogP contribution in [-0.4, -0.2) is 4.75 Å². The zero-order valence-electron chi connectivity index (χ0n) is 7.74. The predicted molar refractivity (Wildman–Crippen MR) is 54.4 cm³/mol. The molecule has 4 rings (SSSR count). The van der Waals surface area contributed by atoms with Crippen molar-refractivity contribution in [3.63, 3.8) is 0 Å². The van der Waals surface area contributed by atoms with Crippen LogP contribution in [0.4, 0.5) is 0 Å². The molecule has 0 aromatic carbocycles. The van der Waals surface area contributed by atoms with Crippen LogP contribution in [0.25, 0.3) is 0 Å². The Morgan fingerprint density at radius 1 is 1.00 bits per heavy atom. The second-order valence-electron chi connectivity index (χ2n) is 5.24. The van der Waals surface area contributed by atoms with Crippen LogP contribution in [0.5, 0.6) is 0 Å². The Labute approximate surface area is 84.9 Å². The normalized spacial score (nSPS) is 57.8. The smallest absolute Gasteiger partial charge is 0.105 e. The summed E-state index contributed by atoms with van der Waals surface area (Å²) in [6.07, 6.45) is 6.57. The monoisotopic (exact) mass is 193 g/mol. The second kappa shape index (κ2) is 2.45. The molecule has 4 bridgehead atoms. The van der Waals surface area contributed by atoms with Gasteiger partial charge in [-0.15, -0.1) is 0 Å². The first-order valence-electron chi connectivity index (χ1n) is 5.36. The van der Waals surface area contributed by atoms with Gasteiger partial charge in [-0.2, -0.15) is 17.9 Å². The third-order valence-electron chi connectivity index (χ3n) is 4.56. The van der Waals surface area contributed by atoms with Crippen LogP contribution >= 0.6 is 12.6 Å². The lowest BCUT2D eigenvalue weighted by molar-refractivity contribution is 0.00424. The molecule has 1 nitrogen and oxygen atoms in total. The van der Waals surface area contributed by atoms with Gasteiger partial charge in [0.15, 0.2) is 0 Å². The fraction of sp³-hybridized carbons (Fsp3) is 0.909. The Morgan fingerprint density at radius 2 is 1.46 bits per heavy atom. The summed E-state index contributed by atoms with van der Waals surface area (Å²) in [5.74, 6) is 3.10. The lowest BCUT2D eigenvalue weighted by Crippen LogP contribution is -2.53. The second-order valence-corrected chi connectivity index (χ2v) is 5.98. The minimum atomic E-state index is -0.257. The number of rotatable bonds is 0. The highest BCUT2D eigenvalue weighted by molar-refractivity contribution is 7.82. The van der Waals surface area contributed by atoms with Crippen molar-refractivity contribution in [2.75, 3.05) is 0 Å². The molecule has 0 aliphatic heterocycles. The lowest BCUT2D eigenvalue weighted by Gasteiger charge is -2.56. The van der Waals surface area contributed by atoms with Gasteiger partial charge in [0.05, 0.1) is 6.07 Å². The molecule has 4 aliphatic rings. The molecule has 0 unspecified atom stereocenters. The number of nitriles is 1. The minimum Gasteiger partial charge on any atom is -0.197 e. The Bertz CT molecular complexity index is 250. The molecule has 0 amide bonds. The molecule has 4 saturated carbocycles. The van der Waals surface area contributed by atoms with Crippen molar-refractivity contribution in [2.45, 2.75) is 36.9 Å². The van der Waals surface area contributed by atoms with E-state index in [1.54, 1.807) is 0 Å². The van der Waals surface area contributed by atoms with Gasteiger partial charge in [-0.25, -0.2) is 0 Å². The topological polar surface area (TPSA) is 23.8 Å². The molecule has 0 spiro atoms. The van der Waals surface area contributed by atoms with Gasteiger partial charge >= 0.3 is 0 Å². The molecule has 4 aliphatic carbocycles. The van der Waals surface area contributed by atoms with Gasteiger partial charge < -0.3 is 0 Å². The molecule has 0 aromatic rings. The Balaban J connectivity index is 1.99. The summed E-state index contributed by atoms with van der Waals surface area (Å²) < 4.78 is -0.257. The molecule has 0 N–H and O–H groups in total. The summed E-state index contributed by atoms with van der Waals surface area (Å²) in [5.41, 5.74) is 0. The highest BCUT2D eigenvalue weighted by atomic mass is 32.1. The van der Waals surface area contributed by atoms with E-state index in [4.69, 9.17) is 0 Å². The summed E-state index contributed by atoms with van der Waals surface area (Å²) >= 11 is 4.67. The van der Waals surface area contributed by atoms with Crippen LogP contribution in [0.2, 0.25) is 0 Å². The number of hydrogen-bond acceptors (Lipinski definition) is 2. The number of nitrogens with zero attached hydrogens (tertiary/aromatic N) is 1. The Morgan fingerprint density at radius 3 is 1.85 bits per heavy atom. The molecule has 0 radical (unpaired) electrons. The summed E-state index contributed by atoms with van der Waals surface area (Å²) in [5, 5.41) is 9.23. The zero-order chi connectivity index (χ0) is 9.05. The minimum absolute atomic E-state index is 0.257. The van der Waals surface area contributed by atoms with Gasteiger partial charge in [-0.3, -0.25) is 0 Å². The molecular formula is C11H15NS. The predicted octanol–water partition coefficient (Wildman–Crippen LogP) is 2.63. The maximum Gasteiger partial charge on any atom is 0.105 e. The van der Waals surface area contributed by atoms with E-state index >= 15 is 0 Å². The fourth-order valence-electron chi connectivity index (χ4n) is 4.09. The van der Waals surface area contributed by atoms with Gasteiger partial charge in [0.2, 0.25) is 0 Å². The number of thiol groups is 1. The average molecular weight is 193 g/mol. The lowest BCUT2D eigenvalue weighted by atomic mass is 9.52. The maximum atomic E-state index is 9.23. The molecule has 0 heterocycles. The Hall–Kier alpha value is -0.160. The van der Waals surface area contributed by atoms with Gasteiger partial charge in [-0.1, -0.05) is 0 Å². The summed E-state index contributed by atoms with van der Waals surface area (Å²) in [4.78, 5) is 0. The van der Waals surface area contributed by atoms with E-state index in [1.807, 2.05) is 0 Å². The summed E-state index contributed by atoms with van der Waals surface area (Å²) in [6, 6.07) is 2.49. The summed E-state index contributed by atoms with van der Waals surface area (Å²) in [6.45, 7) is 0. The first-order valence-corrected chi connectivity index (χ1v) is 5.80. The molecule has 0 atom stereocenters. The van der Waals surface area contributed by atoms with Gasteiger partial charge in [0, 0.05) is 0 Å². The fourth-order valence-corrected chi connectivity index (χ4v) is 4.51. The van der Waals surface area contributed by atoms with Crippen LogP contribution in [0.3, 0.4) is 0 Å². The van der Waals surface area contributed by atoms with E-state index in [0.717, 1.165) is 11.8 Å².